The molecule has 6 nitrogen and oxygen atoms in total. The topological polar surface area (TPSA) is 92.3 Å². The quantitative estimate of drug-likeness (QED) is 0.854. The van der Waals surface area contributed by atoms with Crippen LogP contribution in [-0.2, 0) is 9.84 Å². The monoisotopic (exact) mass is 378 g/mol. The van der Waals surface area contributed by atoms with Crippen molar-refractivity contribution in [2.45, 2.75) is 18.9 Å². The number of sulfone groups is 1. The van der Waals surface area contributed by atoms with Gasteiger partial charge in [-0.05, 0) is 49.1 Å². The lowest BCUT2D eigenvalue weighted by Gasteiger charge is -2.23. The summed E-state index contributed by atoms with van der Waals surface area (Å²) in [5.41, 5.74) is 0.270. The highest BCUT2D eigenvalue weighted by atomic mass is 32.2. The highest BCUT2D eigenvalue weighted by molar-refractivity contribution is 7.91. The molecule has 0 saturated carbocycles. The van der Waals surface area contributed by atoms with Gasteiger partial charge in [0.05, 0.1) is 21.9 Å². The van der Waals surface area contributed by atoms with Crippen LogP contribution in [0.25, 0.3) is 0 Å². The summed E-state index contributed by atoms with van der Waals surface area (Å²) in [6.07, 6.45) is 0.413. The van der Waals surface area contributed by atoms with E-state index >= 15 is 0 Å². The minimum absolute atomic E-state index is 0.0410. The number of anilines is 1. The summed E-state index contributed by atoms with van der Waals surface area (Å²) in [4.78, 5) is 24.9. The standard InChI is InChI=1S/C17H18N2O4S2/c1-17(8-10-25(22,23)11-17)19-15(20)12-4-6-13(7-5-12)18-16(21)14-3-2-9-24-14/h2-7,9H,8,10-11H2,1H3,(H,18,21)(H,19,20)/t17-/m0/s1. The van der Waals surface area contributed by atoms with Gasteiger partial charge in [0.15, 0.2) is 9.84 Å². The lowest BCUT2D eigenvalue weighted by atomic mass is 10.0. The molecule has 0 spiro atoms. The molecule has 0 aliphatic carbocycles. The maximum absolute atomic E-state index is 12.3. The summed E-state index contributed by atoms with van der Waals surface area (Å²) in [5.74, 6) is -0.468. The van der Waals surface area contributed by atoms with Crippen LogP contribution in [0.5, 0.6) is 0 Å². The van der Waals surface area contributed by atoms with E-state index in [-0.39, 0.29) is 23.3 Å². The smallest absolute Gasteiger partial charge is 0.265 e. The van der Waals surface area contributed by atoms with Crippen LogP contribution >= 0.6 is 11.3 Å². The Bertz CT molecular complexity index is 889. The molecule has 1 atom stereocenters. The van der Waals surface area contributed by atoms with Crippen LogP contribution in [0.4, 0.5) is 5.69 Å². The van der Waals surface area contributed by atoms with E-state index in [0.29, 0.717) is 22.5 Å². The summed E-state index contributed by atoms with van der Waals surface area (Å²) in [7, 11) is -3.08. The highest BCUT2D eigenvalue weighted by Crippen LogP contribution is 2.23. The van der Waals surface area contributed by atoms with Crippen LogP contribution in [0, 0.1) is 0 Å². The number of nitrogens with one attached hydrogen (secondary N) is 2. The molecular weight excluding hydrogens is 360 g/mol. The summed E-state index contributed by atoms with van der Waals surface area (Å²) in [5, 5.41) is 7.39. The van der Waals surface area contributed by atoms with Gasteiger partial charge in [0.1, 0.15) is 0 Å². The third-order valence-electron chi connectivity index (χ3n) is 4.07. The molecule has 8 heteroatoms. The predicted octanol–water partition coefficient (Wildman–Crippen LogP) is 2.31. The zero-order chi connectivity index (χ0) is 18.1. The minimum atomic E-state index is -3.08. The minimum Gasteiger partial charge on any atom is -0.346 e. The molecule has 2 amide bonds. The van der Waals surface area contributed by atoms with Crippen molar-refractivity contribution in [3.05, 3.63) is 52.2 Å². The zero-order valence-corrected chi connectivity index (χ0v) is 15.2. The third kappa shape index (κ3) is 4.26. The molecule has 0 bridgehead atoms. The number of thiophene rings is 1. The second-order valence-electron chi connectivity index (χ2n) is 6.37. The Morgan fingerprint density at radius 1 is 1.12 bits per heavy atom. The zero-order valence-electron chi connectivity index (χ0n) is 13.6. The van der Waals surface area contributed by atoms with Crippen LogP contribution in [0.3, 0.4) is 0 Å². The number of hydrogen-bond acceptors (Lipinski definition) is 5. The van der Waals surface area contributed by atoms with Gasteiger partial charge in [-0.2, -0.15) is 0 Å². The Hall–Kier alpha value is -2.19. The summed E-state index contributed by atoms with van der Waals surface area (Å²) in [6, 6.07) is 10.0. The molecule has 1 aliphatic rings. The van der Waals surface area contributed by atoms with E-state index in [1.54, 1.807) is 43.3 Å². The molecule has 1 saturated heterocycles. The first-order valence-electron chi connectivity index (χ1n) is 7.74. The number of carbonyl (C=O) groups excluding carboxylic acids is 2. The lowest BCUT2D eigenvalue weighted by Crippen LogP contribution is -2.46. The van der Waals surface area contributed by atoms with Gasteiger partial charge < -0.3 is 10.6 Å². The van der Waals surface area contributed by atoms with Gasteiger partial charge in [0.25, 0.3) is 11.8 Å². The van der Waals surface area contributed by atoms with Gasteiger partial charge in [-0.1, -0.05) is 6.07 Å². The van der Waals surface area contributed by atoms with E-state index in [9.17, 15) is 18.0 Å². The van der Waals surface area contributed by atoms with E-state index < -0.39 is 15.4 Å². The molecule has 1 aromatic heterocycles. The molecule has 25 heavy (non-hydrogen) atoms. The third-order valence-corrected chi connectivity index (χ3v) is 6.84. The SMILES string of the molecule is C[C@]1(NC(=O)c2ccc(NC(=O)c3cccs3)cc2)CCS(=O)(=O)C1. The fourth-order valence-electron chi connectivity index (χ4n) is 2.76. The Morgan fingerprint density at radius 3 is 2.40 bits per heavy atom. The fourth-order valence-corrected chi connectivity index (χ4v) is 5.47. The van der Waals surface area contributed by atoms with Crippen molar-refractivity contribution in [2.75, 3.05) is 16.8 Å². The first-order chi connectivity index (χ1) is 11.8. The van der Waals surface area contributed by atoms with Crippen molar-refractivity contribution in [3.8, 4) is 0 Å². The van der Waals surface area contributed by atoms with Crippen molar-refractivity contribution >= 4 is 38.7 Å². The Morgan fingerprint density at radius 2 is 1.84 bits per heavy atom. The normalized spacial score (nSPS) is 21.6. The molecule has 2 N–H and O–H groups in total. The molecule has 132 valence electrons. The molecule has 0 unspecified atom stereocenters. The summed E-state index contributed by atoms with van der Waals surface area (Å²) < 4.78 is 23.2. The van der Waals surface area contributed by atoms with Crippen LogP contribution < -0.4 is 10.6 Å². The second kappa shape index (κ2) is 6.61. The molecule has 3 rings (SSSR count). The van der Waals surface area contributed by atoms with E-state index in [0.717, 1.165) is 0 Å². The van der Waals surface area contributed by atoms with Crippen molar-refractivity contribution < 1.29 is 18.0 Å². The molecule has 1 aliphatic heterocycles. The maximum atomic E-state index is 12.3. The van der Waals surface area contributed by atoms with Gasteiger partial charge in [-0.15, -0.1) is 11.3 Å². The van der Waals surface area contributed by atoms with E-state index in [2.05, 4.69) is 10.6 Å². The predicted molar refractivity (Wildman–Crippen MR) is 97.9 cm³/mol. The molecule has 1 aromatic carbocycles. The summed E-state index contributed by atoms with van der Waals surface area (Å²) in [6.45, 7) is 1.74. The first-order valence-corrected chi connectivity index (χ1v) is 10.4. The van der Waals surface area contributed by atoms with Crippen LogP contribution in [0.1, 0.15) is 33.4 Å². The van der Waals surface area contributed by atoms with Crippen LogP contribution in [0.15, 0.2) is 41.8 Å². The van der Waals surface area contributed by atoms with Crippen molar-refractivity contribution in [1.82, 2.24) is 5.32 Å². The van der Waals surface area contributed by atoms with Crippen molar-refractivity contribution in [1.29, 1.82) is 0 Å². The van der Waals surface area contributed by atoms with Gasteiger partial charge in [0.2, 0.25) is 0 Å². The number of amides is 2. The maximum Gasteiger partial charge on any atom is 0.265 e. The average Bonchev–Trinajstić information content (AvgIpc) is 3.16. The molecular formula is C17H18N2O4S2. The first kappa shape index (κ1) is 17.6. The number of benzene rings is 1. The summed E-state index contributed by atoms with van der Waals surface area (Å²) >= 11 is 1.35. The van der Waals surface area contributed by atoms with E-state index in [1.165, 1.54) is 11.3 Å². The molecule has 0 radical (unpaired) electrons. The van der Waals surface area contributed by atoms with Crippen molar-refractivity contribution in [3.63, 3.8) is 0 Å². The van der Waals surface area contributed by atoms with Crippen molar-refractivity contribution in [2.24, 2.45) is 0 Å². The van der Waals surface area contributed by atoms with Gasteiger partial charge in [0, 0.05) is 11.3 Å². The Kier molecular flexibility index (Phi) is 4.66. The van der Waals surface area contributed by atoms with E-state index in [4.69, 9.17) is 0 Å². The largest absolute Gasteiger partial charge is 0.346 e. The average molecular weight is 378 g/mol. The highest BCUT2D eigenvalue weighted by Gasteiger charge is 2.39. The lowest BCUT2D eigenvalue weighted by molar-refractivity contribution is 0.0915. The van der Waals surface area contributed by atoms with Gasteiger partial charge >= 0.3 is 0 Å². The Labute approximate surface area is 150 Å². The number of hydrogen-bond donors (Lipinski definition) is 2. The number of rotatable bonds is 4. The van der Waals surface area contributed by atoms with Crippen LogP contribution in [-0.4, -0.2) is 37.3 Å². The fraction of sp³-hybridized carbons (Fsp3) is 0.294. The second-order valence-corrected chi connectivity index (χ2v) is 9.50. The van der Waals surface area contributed by atoms with Gasteiger partial charge in [-0.25, -0.2) is 8.42 Å². The molecule has 1 fully saturated rings. The Balaban J connectivity index is 1.64. The molecule has 2 aromatic rings. The molecule has 2 heterocycles. The van der Waals surface area contributed by atoms with E-state index in [1.807, 2.05) is 5.38 Å². The number of carbonyl (C=O) groups is 2. The van der Waals surface area contributed by atoms with Gasteiger partial charge in [-0.3, -0.25) is 9.59 Å². The van der Waals surface area contributed by atoms with Crippen LogP contribution in [0.2, 0.25) is 0 Å².